The molecule has 0 unspecified atom stereocenters. The van der Waals surface area contributed by atoms with Crippen LogP contribution in [0.5, 0.6) is 0 Å². The van der Waals surface area contributed by atoms with Crippen LogP contribution in [0.25, 0.3) is 0 Å². The van der Waals surface area contributed by atoms with Gasteiger partial charge in [0.2, 0.25) is 0 Å². The SMILES string of the molecule is CC(=O)c1ccnc(N(C)CC(C)C)c1. The van der Waals surface area contributed by atoms with Crippen LogP contribution in [-0.2, 0) is 0 Å². The molecule has 0 fully saturated rings. The molecular weight excluding hydrogens is 188 g/mol. The predicted octanol–water partition coefficient (Wildman–Crippen LogP) is 2.38. The van der Waals surface area contributed by atoms with E-state index in [1.165, 1.54) is 0 Å². The zero-order valence-corrected chi connectivity index (χ0v) is 9.82. The molecule has 0 saturated heterocycles. The summed E-state index contributed by atoms with van der Waals surface area (Å²) in [4.78, 5) is 17.5. The van der Waals surface area contributed by atoms with Crippen LogP contribution < -0.4 is 4.90 Å². The summed E-state index contributed by atoms with van der Waals surface area (Å²) in [5.74, 6) is 1.52. The van der Waals surface area contributed by atoms with Crippen molar-refractivity contribution in [3.8, 4) is 0 Å². The fourth-order valence-corrected chi connectivity index (χ4v) is 1.49. The van der Waals surface area contributed by atoms with Gasteiger partial charge in [-0.05, 0) is 25.0 Å². The van der Waals surface area contributed by atoms with E-state index in [1.54, 1.807) is 19.2 Å². The van der Waals surface area contributed by atoms with E-state index < -0.39 is 0 Å². The van der Waals surface area contributed by atoms with Gasteiger partial charge in [-0.15, -0.1) is 0 Å². The maximum absolute atomic E-state index is 11.2. The number of ketones is 1. The Hall–Kier alpha value is -1.38. The number of rotatable bonds is 4. The summed E-state index contributed by atoms with van der Waals surface area (Å²) in [5, 5.41) is 0. The highest BCUT2D eigenvalue weighted by Gasteiger charge is 2.06. The zero-order chi connectivity index (χ0) is 11.4. The van der Waals surface area contributed by atoms with Crippen molar-refractivity contribution in [1.29, 1.82) is 0 Å². The maximum atomic E-state index is 11.2. The normalized spacial score (nSPS) is 10.5. The van der Waals surface area contributed by atoms with E-state index in [4.69, 9.17) is 0 Å². The van der Waals surface area contributed by atoms with E-state index in [9.17, 15) is 4.79 Å². The summed E-state index contributed by atoms with van der Waals surface area (Å²) >= 11 is 0. The van der Waals surface area contributed by atoms with E-state index in [2.05, 4.69) is 23.7 Å². The minimum absolute atomic E-state index is 0.0802. The predicted molar refractivity (Wildman–Crippen MR) is 62.3 cm³/mol. The minimum atomic E-state index is 0.0802. The Labute approximate surface area is 91.1 Å². The van der Waals surface area contributed by atoms with Crippen LogP contribution in [-0.4, -0.2) is 24.4 Å². The van der Waals surface area contributed by atoms with Crippen molar-refractivity contribution in [2.45, 2.75) is 20.8 Å². The summed E-state index contributed by atoms with van der Waals surface area (Å²) < 4.78 is 0. The number of anilines is 1. The third-order valence-electron chi connectivity index (χ3n) is 2.18. The largest absolute Gasteiger partial charge is 0.359 e. The summed E-state index contributed by atoms with van der Waals surface area (Å²) in [6.45, 7) is 6.83. The molecule has 15 heavy (non-hydrogen) atoms. The first-order chi connectivity index (χ1) is 7.00. The second-order valence-electron chi connectivity index (χ2n) is 4.23. The highest BCUT2D eigenvalue weighted by atomic mass is 16.1. The van der Waals surface area contributed by atoms with Crippen LogP contribution in [0.15, 0.2) is 18.3 Å². The van der Waals surface area contributed by atoms with Gasteiger partial charge in [-0.25, -0.2) is 4.98 Å². The van der Waals surface area contributed by atoms with Gasteiger partial charge in [0, 0.05) is 25.4 Å². The molecule has 0 aromatic carbocycles. The molecule has 0 saturated carbocycles. The lowest BCUT2D eigenvalue weighted by atomic mass is 10.2. The van der Waals surface area contributed by atoms with Gasteiger partial charge < -0.3 is 4.90 Å². The molecule has 1 rings (SSSR count). The molecule has 0 amide bonds. The molecule has 0 radical (unpaired) electrons. The van der Waals surface area contributed by atoms with Crippen LogP contribution >= 0.6 is 0 Å². The van der Waals surface area contributed by atoms with Crippen LogP contribution in [0, 0.1) is 5.92 Å². The van der Waals surface area contributed by atoms with E-state index in [1.807, 2.05) is 13.1 Å². The number of Topliss-reactive ketones (excluding diaryl/α,β-unsaturated/α-hetero) is 1. The highest BCUT2D eigenvalue weighted by molar-refractivity contribution is 5.94. The van der Waals surface area contributed by atoms with Gasteiger partial charge in [0.1, 0.15) is 5.82 Å². The lowest BCUT2D eigenvalue weighted by Gasteiger charge is -2.20. The van der Waals surface area contributed by atoms with E-state index in [0.717, 1.165) is 17.9 Å². The van der Waals surface area contributed by atoms with Gasteiger partial charge in [0.25, 0.3) is 0 Å². The molecule has 0 aliphatic heterocycles. The summed E-state index contributed by atoms with van der Waals surface area (Å²) in [6.07, 6.45) is 1.68. The molecule has 1 heterocycles. The van der Waals surface area contributed by atoms with Gasteiger partial charge in [0.05, 0.1) is 0 Å². The lowest BCUT2D eigenvalue weighted by Crippen LogP contribution is -2.23. The highest BCUT2D eigenvalue weighted by Crippen LogP contribution is 2.12. The Morgan fingerprint density at radius 1 is 1.53 bits per heavy atom. The number of carbonyl (C=O) groups excluding carboxylic acids is 1. The molecule has 0 aliphatic carbocycles. The van der Waals surface area contributed by atoms with Crippen molar-refractivity contribution in [2.24, 2.45) is 5.92 Å². The van der Waals surface area contributed by atoms with Gasteiger partial charge in [-0.1, -0.05) is 13.8 Å². The van der Waals surface area contributed by atoms with Crippen molar-refractivity contribution in [1.82, 2.24) is 4.98 Å². The van der Waals surface area contributed by atoms with E-state index in [-0.39, 0.29) is 5.78 Å². The second kappa shape index (κ2) is 4.91. The standard InChI is InChI=1S/C12H18N2O/c1-9(2)8-14(4)12-7-11(10(3)15)5-6-13-12/h5-7,9H,8H2,1-4H3. The molecule has 1 aromatic heterocycles. The summed E-state index contributed by atoms with van der Waals surface area (Å²) in [7, 11) is 1.99. The molecule has 3 nitrogen and oxygen atoms in total. The minimum Gasteiger partial charge on any atom is -0.359 e. The number of aromatic nitrogens is 1. The first kappa shape index (κ1) is 11.7. The first-order valence-electron chi connectivity index (χ1n) is 5.19. The molecule has 0 aliphatic rings. The molecule has 82 valence electrons. The molecule has 0 spiro atoms. The Kier molecular flexibility index (Phi) is 3.83. The molecule has 1 aromatic rings. The number of nitrogens with zero attached hydrogens (tertiary/aromatic N) is 2. The van der Waals surface area contributed by atoms with Gasteiger partial charge in [-0.2, -0.15) is 0 Å². The Morgan fingerprint density at radius 3 is 2.73 bits per heavy atom. The van der Waals surface area contributed by atoms with Crippen molar-refractivity contribution >= 4 is 11.6 Å². The van der Waals surface area contributed by atoms with Crippen LogP contribution in [0.3, 0.4) is 0 Å². The lowest BCUT2D eigenvalue weighted by molar-refractivity contribution is 0.101. The molecule has 0 N–H and O–H groups in total. The summed E-state index contributed by atoms with van der Waals surface area (Å²) in [6, 6.07) is 3.58. The molecular formula is C12H18N2O. The van der Waals surface area contributed by atoms with Gasteiger partial charge in [0.15, 0.2) is 5.78 Å². The smallest absolute Gasteiger partial charge is 0.159 e. The third-order valence-corrected chi connectivity index (χ3v) is 2.18. The van der Waals surface area contributed by atoms with Crippen molar-refractivity contribution < 1.29 is 4.79 Å². The van der Waals surface area contributed by atoms with Gasteiger partial charge >= 0.3 is 0 Å². The number of pyridine rings is 1. The first-order valence-corrected chi connectivity index (χ1v) is 5.19. The third kappa shape index (κ3) is 3.35. The monoisotopic (exact) mass is 206 g/mol. The quantitative estimate of drug-likeness (QED) is 0.709. The number of hydrogen-bond donors (Lipinski definition) is 0. The van der Waals surface area contributed by atoms with Crippen molar-refractivity contribution in [3.05, 3.63) is 23.9 Å². The van der Waals surface area contributed by atoms with Gasteiger partial charge in [-0.3, -0.25) is 4.79 Å². The van der Waals surface area contributed by atoms with Crippen molar-refractivity contribution in [3.63, 3.8) is 0 Å². The Bertz CT molecular complexity index is 347. The second-order valence-corrected chi connectivity index (χ2v) is 4.23. The fourth-order valence-electron chi connectivity index (χ4n) is 1.49. The Balaban J connectivity index is 2.85. The topological polar surface area (TPSA) is 33.2 Å². The fraction of sp³-hybridized carbons (Fsp3) is 0.500. The van der Waals surface area contributed by atoms with E-state index in [0.29, 0.717) is 5.92 Å². The van der Waals surface area contributed by atoms with Crippen LogP contribution in [0.1, 0.15) is 31.1 Å². The van der Waals surface area contributed by atoms with Crippen molar-refractivity contribution in [2.75, 3.05) is 18.5 Å². The summed E-state index contributed by atoms with van der Waals surface area (Å²) in [5.41, 5.74) is 0.718. The number of hydrogen-bond acceptors (Lipinski definition) is 3. The zero-order valence-electron chi connectivity index (χ0n) is 9.82. The molecule has 3 heteroatoms. The maximum Gasteiger partial charge on any atom is 0.159 e. The van der Waals surface area contributed by atoms with E-state index >= 15 is 0 Å². The van der Waals surface area contributed by atoms with Crippen LogP contribution in [0.2, 0.25) is 0 Å². The molecule has 0 atom stereocenters. The average Bonchev–Trinajstić information content (AvgIpc) is 2.17. The molecule has 0 bridgehead atoms. The van der Waals surface area contributed by atoms with Crippen LogP contribution in [0.4, 0.5) is 5.82 Å². The Morgan fingerprint density at radius 2 is 2.20 bits per heavy atom. The average molecular weight is 206 g/mol. The number of carbonyl (C=O) groups is 1.